The highest BCUT2D eigenvalue weighted by Crippen LogP contribution is 2.28. The molecule has 0 atom stereocenters. The van der Waals surface area contributed by atoms with Gasteiger partial charge in [0.1, 0.15) is 10.8 Å². The van der Waals surface area contributed by atoms with Crippen LogP contribution in [0, 0.1) is 17.0 Å². The molecule has 0 aliphatic heterocycles. The van der Waals surface area contributed by atoms with E-state index in [0.717, 1.165) is 11.1 Å². The van der Waals surface area contributed by atoms with Crippen molar-refractivity contribution in [3.8, 4) is 5.75 Å². The van der Waals surface area contributed by atoms with Gasteiger partial charge in [-0.15, -0.1) is 0 Å². The Labute approximate surface area is 121 Å². The molecule has 0 fully saturated rings. The summed E-state index contributed by atoms with van der Waals surface area (Å²) in [7, 11) is 0. The maximum Gasteiger partial charge on any atom is 0.288 e. The Hall–Kier alpha value is -2.27. The molecule has 2 N–H and O–H groups in total. The zero-order valence-corrected chi connectivity index (χ0v) is 11.5. The number of nitrogens with zero attached hydrogens (tertiary/aromatic N) is 1. The fourth-order valence-electron chi connectivity index (χ4n) is 1.82. The van der Waals surface area contributed by atoms with Crippen LogP contribution in [0.1, 0.15) is 11.1 Å². The van der Waals surface area contributed by atoms with Crippen molar-refractivity contribution in [2.75, 3.05) is 5.32 Å². The van der Waals surface area contributed by atoms with Gasteiger partial charge in [-0.2, -0.15) is 0 Å². The highest BCUT2D eigenvalue weighted by molar-refractivity contribution is 6.32. The minimum atomic E-state index is -0.529. The van der Waals surface area contributed by atoms with Crippen LogP contribution < -0.4 is 5.32 Å². The minimum Gasteiger partial charge on any atom is -0.507 e. The van der Waals surface area contributed by atoms with Crippen LogP contribution in [-0.4, -0.2) is 10.0 Å². The molecule has 0 unspecified atom stereocenters. The first-order chi connectivity index (χ1) is 9.49. The Bertz CT molecular complexity index is 659. The number of rotatable bonds is 4. The summed E-state index contributed by atoms with van der Waals surface area (Å²) in [5.74, 6) is 0.244. The number of aromatic hydroxyl groups is 1. The fourth-order valence-corrected chi connectivity index (χ4v) is 2.07. The van der Waals surface area contributed by atoms with E-state index in [9.17, 15) is 15.2 Å². The molecule has 0 aromatic heterocycles. The van der Waals surface area contributed by atoms with Gasteiger partial charge < -0.3 is 10.4 Å². The van der Waals surface area contributed by atoms with Crippen molar-refractivity contribution in [2.24, 2.45) is 0 Å². The zero-order chi connectivity index (χ0) is 14.7. The molecule has 0 amide bonds. The third kappa shape index (κ3) is 3.00. The number of nitro groups is 1. The normalized spacial score (nSPS) is 10.3. The molecule has 0 saturated heterocycles. The number of halogens is 1. The molecule has 0 spiro atoms. The molecule has 6 heteroatoms. The third-order valence-corrected chi connectivity index (χ3v) is 3.25. The molecule has 20 heavy (non-hydrogen) atoms. The Morgan fingerprint density at radius 3 is 2.75 bits per heavy atom. The van der Waals surface area contributed by atoms with Crippen molar-refractivity contribution < 1.29 is 10.0 Å². The van der Waals surface area contributed by atoms with Crippen LogP contribution in [0.2, 0.25) is 5.02 Å². The van der Waals surface area contributed by atoms with Gasteiger partial charge in [0.05, 0.1) is 4.92 Å². The number of phenols is 1. The van der Waals surface area contributed by atoms with E-state index >= 15 is 0 Å². The highest BCUT2D eigenvalue weighted by atomic mass is 35.5. The predicted molar refractivity (Wildman–Crippen MR) is 78.3 cm³/mol. The molecule has 0 bridgehead atoms. The number of nitrogens with one attached hydrogen (secondary N) is 1. The Balaban J connectivity index is 2.13. The largest absolute Gasteiger partial charge is 0.507 e. The SMILES string of the molecule is Cc1cccc(CNc2ccc([N+](=O)[O-])c(Cl)c2)c1O. The molecule has 0 aliphatic carbocycles. The quantitative estimate of drug-likeness (QED) is 0.662. The van der Waals surface area contributed by atoms with Gasteiger partial charge in [0.2, 0.25) is 0 Å². The van der Waals surface area contributed by atoms with Gasteiger partial charge in [0, 0.05) is 23.9 Å². The van der Waals surface area contributed by atoms with Crippen LogP contribution >= 0.6 is 11.6 Å². The van der Waals surface area contributed by atoms with E-state index in [1.165, 1.54) is 12.1 Å². The number of phenolic OH excluding ortho intramolecular Hbond substituents is 1. The van der Waals surface area contributed by atoms with E-state index in [1.807, 2.05) is 25.1 Å². The molecule has 0 radical (unpaired) electrons. The second-order valence-corrected chi connectivity index (χ2v) is 4.77. The van der Waals surface area contributed by atoms with Gasteiger partial charge >= 0.3 is 0 Å². The standard InChI is InChI=1S/C14H13ClN2O3/c1-9-3-2-4-10(14(9)18)8-16-11-5-6-13(17(19)20)12(15)7-11/h2-7,16,18H,8H2,1H3. The molecule has 2 aromatic carbocycles. The number of nitro benzene ring substituents is 1. The van der Waals surface area contributed by atoms with Crippen LogP contribution in [0.15, 0.2) is 36.4 Å². The van der Waals surface area contributed by atoms with E-state index in [4.69, 9.17) is 11.6 Å². The lowest BCUT2D eigenvalue weighted by molar-refractivity contribution is -0.384. The van der Waals surface area contributed by atoms with E-state index < -0.39 is 4.92 Å². The molecule has 0 aliphatic rings. The lowest BCUT2D eigenvalue weighted by Crippen LogP contribution is -2.00. The smallest absolute Gasteiger partial charge is 0.288 e. The van der Waals surface area contributed by atoms with Crippen molar-refractivity contribution in [3.63, 3.8) is 0 Å². The summed E-state index contributed by atoms with van der Waals surface area (Å²) in [5, 5.41) is 23.7. The minimum absolute atomic E-state index is 0.0773. The number of anilines is 1. The zero-order valence-electron chi connectivity index (χ0n) is 10.8. The maximum absolute atomic E-state index is 10.7. The number of aryl methyl sites for hydroxylation is 1. The second kappa shape index (κ2) is 5.79. The van der Waals surface area contributed by atoms with Crippen molar-refractivity contribution in [1.82, 2.24) is 0 Å². The Kier molecular flexibility index (Phi) is 4.10. The summed E-state index contributed by atoms with van der Waals surface area (Å²) >= 11 is 5.83. The van der Waals surface area contributed by atoms with Crippen molar-refractivity contribution in [2.45, 2.75) is 13.5 Å². The number of hydrogen-bond donors (Lipinski definition) is 2. The molecule has 2 aromatic rings. The molecule has 2 rings (SSSR count). The van der Waals surface area contributed by atoms with Gasteiger partial charge in [-0.3, -0.25) is 10.1 Å². The van der Waals surface area contributed by atoms with Gasteiger partial charge in [0.15, 0.2) is 0 Å². The average molecular weight is 293 g/mol. The summed E-state index contributed by atoms with van der Waals surface area (Å²) in [5.41, 5.74) is 2.07. The maximum atomic E-state index is 10.7. The summed E-state index contributed by atoms with van der Waals surface area (Å²) in [6, 6.07) is 9.91. The summed E-state index contributed by atoms with van der Waals surface area (Å²) in [4.78, 5) is 10.1. The van der Waals surface area contributed by atoms with Crippen molar-refractivity contribution >= 4 is 23.0 Å². The third-order valence-electron chi connectivity index (χ3n) is 2.95. The summed E-state index contributed by atoms with van der Waals surface area (Å²) in [6.07, 6.45) is 0. The molecular weight excluding hydrogens is 280 g/mol. The molecule has 0 heterocycles. The Morgan fingerprint density at radius 1 is 1.35 bits per heavy atom. The predicted octanol–water partition coefficient (Wildman–Crippen LogP) is 3.87. The van der Waals surface area contributed by atoms with Gasteiger partial charge in [-0.25, -0.2) is 0 Å². The number of para-hydroxylation sites is 1. The van der Waals surface area contributed by atoms with E-state index in [2.05, 4.69) is 5.32 Å². The van der Waals surface area contributed by atoms with Gasteiger partial charge in [-0.1, -0.05) is 29.8 Å². The molecule has 104 valence electrons. The second-order valence-electron chi connectivity index (χ2n) is 4.36. The summed E-state index contributed by atoms with van der Waals surface area (Å²) < 4.78 is 0. The van der Waals surface area contributed by atoms with Crippen LogP contribution in [0.25, 0.3) is 0 Å². The van der Waals surface area contributed by atoms with Crippen LogP contribution in [-0.2, 0) is 6.54 Å². The Morgan fingerprint density at radius 2 is 2.10 bits per heavy atom. The van der Waals surface area contributed by atoms with Crippen LogP contribution in [0.3, 0.4) is 0 Å². The monoisotopic (exact) mass is 292 g/mol. The lowest BCUT2D eigenvalue weighted by Gasteiger charge is -2.10. The fraction of sp³-hybridized carbons (Fsp3) is 0.143. The van der Waals surface area contributed by atoms with Crippen LogP contribution in [0.4, 0.5) is 11.4 Å². The topological polar surface area (TPSA) is 75.4 Å². The molecular formula is C14H13ClN2O3. The first-order valence-corrected chi connectivity index (χ1v) is 6.32. The average Bonchev–Trinajstić information content (AvgIpc) is 2.40. The lowest BCUT2D eigenvalue weighted by atomic mass is 10.1. The van der Waals surface area contributed by atoms with Gasteiger partial charge in [0.25, 0.3) is 5.69 Å². The summed E-state index contributed by atoms with van der Waals surface area (Å²) in [6.45, 7) is 2.23. The number of hydrogen-bond acceptors (Lipinski definition) is 4. The number of benzene rings is 2. The van der Waals surface area contributed by atoms with Crippen molar-refractivity contribution in [3.05, 3.63) is 62.7 Å². The molecule has 0 saturated carbocycles. The van der Waals surface area contributed by atoms with E-state index in [0.29, 0.717) is 12.2 Å². The van der Waals surface area contributed by atoms with E-state index in [-0.39, 0.29) is 16.5 Å². The van der Waals surface area contributed by atoms with Crippen LogP contribution in [0.5, 0.6) is 5.75 Å². The van der Waals surface area contributed by atoms with Crippen molar-refractivity contribution in [1.29, 1.82) is 0 Å². The van der Waals surface area contributed by atoms with E-state index in [1.54, 1.807) is 6.07 Å². The first-order valence-electron chi connectivity index (χ1n) is 5.94. The van der Waals surface area contributed by atoms with Gasteiger partial charge in [-0.05, 0) is 24.6 Å². The highest BCUT2D eigenvalue weighted by Gasteiger charge is 2.12. The molecule has 5 nitrogen and oxygen atoms in total. The first kappa shape index (κ1) is 14.1.